The van der Waals surface area contributed by atoms with Gasteiger partial charge in [0.15, 0.2) is 0 Å². The van der Waals surface area contributed by atoms with Crippen molar-refractivity contribution < 1.29 is 23.5 Å². The number of carbonyl (C=O) groups is 3. The van der Waals surface area contributed by atoms with Crippen LogP contribution in [0.2, 0.25) is 0 Å². The van der Waals surface area contributed by atoms with Crippen molar-refractivity contribution in [2.75, 3.05) is 18.6 Å². The first-order valence-electron chi connectivity index (χ1n) is 14.6. The highest BCUT2D eigenvalue weighted by atomic mass is 79.9. The summed E-state index contributed by atoms with van der Waals surface area (Å²) in [6.45, 7) is 6.22. The zero-order chi connectivity index (χ0) is 31.6. The molecule has 10 heteroatoms. The topological polar surface area (TPSA) is 127 Å². The van der Waals surface area contributed by atoms with Gasteiger partial charge in [-0.25, -0.2) is 0 Å². The van der Waals surface area contributed by atoms with Crippen LogP contribution in [0.1, 0.15) is 55.1 Å². The molecule has 1 aliphatic heterocycles. The van der Waals surface area contributed by atoms with Crippen LogP contribution in [0.25, 0.3) is 22.3 Å². The number of hydrogen-bond acceptors (Lipinski definition) is 6. The van der Waals surface area contributed by atoms with Crippen LogP contribution in [-0.2, 0) is 22.6 Å². The lowest BCUT2D eigenvalue weighted by Crippen LogP contribution is -2.49. The van der Waals surface area contributed by atoms with E-state index in [1.54, 1.807) is 31.9 Å². The summed E-state index contributed by atoms with van der Waals surface area (Å²) < 4.78 is 12.4. The van der Waals surface area contributed by atoms with Crippen molar-refractivity contribution in [3.63, 3.8) is 0 Å². The number of carbonyl (C=O) groups excluding carboxylic acids is 3. The van der Waals surface area contributed by atoms with Gasteiger partial charge >= 0.3 is 0 Å². The van der Waals surface area contributed by atoms with E-state index in [1.165, 1.54) is 0 Å². The van der Waals surface area contributed by atoms with Crippen molar-refractivity contribution in [3.05, 3.63) is 81.8 Å². The molecule has 0 aliphatic carbocycles. The number of furan rings is 1. The van der Waals surface area contributed by atoms with E-state index >= 15 is 0 Å². The third-order valence-electron chi connectivity index (χ3n) is 7.58. The third-order valence-corrected chi connectivity index (χ3v) is 8.37. The number of ether oxygens (including phenoxy) is 1. The highest BCUT2D eigenvalue weighted by Crippen LogP contribution is 2.40. The zero-order valence-electron chi connectivity index (χ0n) is 25.3. The Labute approximate surface area is 265 Å². The first-order valence-corrected chi connectivity index (χ1v) is 15.4. The Hall–Kier alpha value is -4.15. The number of nitrogens with two attached hydrogens (primary N) is 1. The minimum Gasteiger partial charge on any atom is -0.497 e. The summed E-state index contributed by atoms with van der Waals surface area (Å²) in [6.07, 6.45) is 1.15. The molecule has 0 saturated heterocycles. The number of nitrogens with zero attached hydrogens (tertiary/aromatic N) is 1. The van der Waals surface area contributed by atoms with Gasteiger partial charge in [-0.05, 0) is 97.1 Å². The summed E-state index contributed by atoms with van der Waals surface area (Å²) in [4.78, 5) is 41.3. The molecule has 0 bridgehead atoms. The van der Waals surface area contributed by atoms with Crippen molar-refractivity contribution in [3.8, 4) is 17.1 Å². The fourth-order valence-electron chi connectivity index (χ4n) is 5.54. The molecule has 2 heterocycles. The first-order chi connectivity index (χ1) is 21.0. The Bertz CT molecular complexity index is 1720. The number of hydrogen-bond donors (Lipinski definition) is 3. The highest BCUT2D eigenvalue weighted by Gasteiger charge is 2.33. The molecule has 3 amide bonds. The second-order valence-electron chi connectivity index (χ2n) is 11.7. The fourth-order valence-corrected chi connectivity index (χ4v) is 6.15. The summed E-state index contributed by atoms with van der Waals surface area (Å²) >= 11 is 3.72. The van der Waals surface area contributed by atoms with Gasteiger partial charge in [0.2, 0.25) is 11.8 Å². The van der Waals surface area contributed by atoms with Gasteiger partial charge in [0.1, 0.15) is 23.1 Å². The van der Waals surface area contributed by atoms with Crippen molar-refractivity contribution in [1.29, 1.82) is 0 Å². The molecule has 5 rings (SSSR count). The predicted molar refractivity (Wildman–Crippen MR) is 175 cm³/mol. The van der Waals surface area contributed by atoms with Crippen LogP contribution in [0.4, 0.5) is 5.69 Å². The monoisotopic (exact) mass is 660 g/mol. The van der Waals surface area contributed by atoms with Crippen LogP contribution in [-0.4, -0.2) is 43.0 Å². The van der Waals surface area contributed by atoms with E-state index < -0.39 is 11.6 Å². The molecule has 4 N–H and O–H groups in total. The number of nitrogens with one attached hydrogen (secondary N) is 2. The van der Waals surface area contributed by atoms with Gasteiger partial charge in [-0.15, -0.1) is 0 Å². The number of rotatable bonds is 9. The second-order valence-corrected chi connectivity index (χ2v) is 12.5. The maximum atomic E-state index is 14.0. The van der Waals surface area contributed by atoms with Crippen LogP contribution in [0.15, 0.2) is 69.6 Å². The molecule has 44 heavy (non-hydrogen) atoms. The van der Waals surface area contributed by atoms with Crippen molar-refractivity contribution in [2.24, 2.45) is 5.73 Å². The second kappa shape index (κ2) is 12.8. The Morgan fingerprint density at radius 2 is 1.91 bits per heavy atom. The number of aryl methyl sites for hydroxylation is 1. The minimum atomic E-state index is -0.704. The van der Waals surface area contributed by atoms with Crippen LogP contribution in [0, 0.1) is 0 Å². The quantitative estimate of drug-likeness (QED) is 0.211. The largest absolute Gasteiger partial charge is 0.497 e. The lowest BCUT2D eigenvalue weighted by atomic mass is 10.0. The maximum absolute atomic E-state index is 14.0. The number of methoxy groups -OCH3 is 1. The molecule has 4 aromatic rings. The number of anilines is 1. The van der Waals surface area contributed by atoms with Crippen molar-refractivity contribution >= 4 is 50.3 Å². The number of fused-ring (bicyclic) bond motifs is 2. The van der Waals surface area contributed by atoms with Gasteiger partial charge < -0.3 is 30.4 Å². The first kappa shape index (κ1) is 31.3. The van der Waals surface area contributed by atoms with E-state index in [9.17, 15) is 14.4 Å². The van der Waals surface area contributed by atoms with E-state index in [4.69, 9.17) is 14.9 Å². The molecule has 1 aliphatic rings. The third kappa shape index (κ3) is 6.66. The Balaban J connectivity index is 1.50. The van der Waals surface area contributed by atoms with Gasteiger partial charge in [0, 0.05) is 35.1 Å². The van der Waals surface area contributed by atoms with Crippen LogP contribution in [0.5, 0.6) is 5.75 Å². The SMILES string of the molecule is CCNC(=O)c1ccccc1-c1oc2ccc(CN3C(=O)[C@H](NC(=O)CC(C)(C)N)CCc4cc(OC)ccc43)cc2c1Br. The Kier molecular flexibility index (Phi) is 9.12. The molecular weight excluding hydrogens is 624 g/mol. The van der Waals surface area contributed by atoms with E-state index in [0.29, 0.717) is 52.1 Å². The predicted octanol–water partition coefficient (Wildman–Crippen LogP) is 5.71. The van der Waals surface area contributed by atoms with E-state index in [-0.39, 0.29) is 30.7 Å². The maximum Gasteiger partial charge on any atom is 0.252 e. The average molecular weight is 662 g/mol. The van der Waals surface area contributed by atoms with Gasteiger partial charge in [0.05, 0.1) is 23.7 Å². The number of amides is 3. The summed E-state index contributed by atoms with van der Waals surface area (Å²) in [7, 11) is 1.61. The van der Waals surface area contributed by atoms with Crippen LogP contribution in [0.3, 0.4) is 0 Å². The fraction of sp³-hybridized carbons (Fsp3) is 0.324. The van der Waals surface area contributed by atoms with Crippen molar-refractivity contribution in [2.45, 2.75) is 58.2 Å². The summed E-state index contributed by atoms with van der Waals surface area (Å²) in [5.74, 6) is 0.617. The lowest BCUT2D eigenvalue weighted by molar-refractivity contribution is -0.128. The molecule has 0 fully saturated rings. The normalized spacial score (nSPS) is 15.1. The van der Waals surface area contributed by atoms with Gasteiger partial charge in [-0.1, -0.05) is 24.3 Å². The minimum absolute atomic E-state index is 0.105. The van der Waals surface area contributed by atoms with Gasteiger partial charge in [-0.2, -0.15) is 0 Å². The van der Waals surface area contributed by atoms with Crippen molar-refractivity contribution in [1.82, 2.24) is 10.6 Å². The average Bonchev–Trinajstić information content (AvgIpc) is 3.25. The van der Waals surface area contributed by atoms with Gasteiger partial charge in [-0.3, -0.25) is 14.4 Å². The van der Waals surface area contributed by atoms with E-state index in [2.05, 4.69) is 26.6 Å². The van der Waals surface area contributed by atoms with Gasteiger partial charge in [0.25, 0.3) is 5.91 Å². The van der Waals surface area contributed by atoms with E-state index in [0.717, 1.165) is 22.2 Å². The molecule has 0 radical (unpaired) electrons. The molecule has 0 unspecified atom stereocenters. The molecule has 3 aromatic carbocycles. The zero-order valence-corrected chi connectivity index (χ0v) is 26.9. The molecule has 0 saturated carbocycles. The standard InChI is InChI=1S/C34H37BrN4O5/c1-5-37-32(41)24-9-7-6-8-23(24)31-30(35)25-16-20(10-15-28(25)44-31)19-39-27-14-12-22(43-4)17-21(27)11-13-26(33(39)42)38-29(40)18-34(2,3)36/h6-10,12,14-17,26H,5,11,13,18-19,36H2,1-4H3,(H,37,41)(H,38,40)/t26-/m1/s1. The molecule has 1 aromatic heterocycles. The summed E-state index contributed by atoms with van der Waals surface area (Å²) in [5.41, 5.74) is 9.81. The van der Waals surface area contributed by atoms with E-state index in [1.807, 2.05) is 61.5 Å². The van der Waals surface area contributed by atoms with Crippen LogP contribution < -0.4 is 26.0 Å². The summed E-state index contributed by atoms with van der Waals surface area (Å²) in [6, 6.07) is 18.0. The highest BCUT2D eigenvalue weighted by molar-refractivity contribution is 9.10. The molecular formula is C34H37BrN4O5. The van der Waals surface area contributed by atoms with Crippen LogP contribution >= 0.6 is 15.9 Å². The molecule has 9 nitrogen and oxygen atoms in total. The molecule has 0 spiro atoms. The summed E-state index contributed by atoms with van der Waals surface area (Å²) in [5, 5.41) is 6.60. The molecule has 1 atom stereocenters. The number of benzene rings is 3. The Morgan fingerprint density at radius 1 is 1.14 bits per heavy atom. The molecule has 230 valence electrons. The lowest BCUT2D eigenvalue weighted by Gasteiger charge is -2.27. The smallest absolute Gasteiger partial charge is 0.252 e. The number of halogens is 1. The Morgan fingerprint density at radius 3 is 2.64 bits per heavy atom.